The van der Waals surface area contributed by atoms with Gasteiger partial charge in [-0.2, -0.15) is 0 Å². The van der Waals surface area contributed by atoms with Crippen molar-refractivity contribution >= 4 is 35.0 Å². The molecule has 0 unspecified atom stereocenters. The molecule has 0 radical (unpaired) electrons. The van der Waals surface area contributed by atoms with E-state index in [-0.39, 0.29) is 46.8 Å². The summed E-state index contributed by atoms with van der Waals surface area (Å²) in [6, 6.07) is 4.26. The van der Waals surface area contributed by atoms with E-state index in [1.165, 1.54) is 18.2 Å². The van der Waals surface area contributed by atoms with Crippen molar-refractivity contribution in [3.63, 3.8) is 0 Å². The summed E-state index contributed by atoms with van der Waals surface area (Å²) in [5, 5.41) is 13.8. The Kier molecular flexibility index (Phi) is 10.8. The van der Waals surface area contributed by atoms with Crippen molar-refractivity contribution in [1.82, 2.24) is 5.32 Å². The fourth-order valence-electron chi connectivity index (χ4n) is 3.00. The van der Waals surface area contributed by atoms with E-state index in [4.69, 9.17) is 9.84 Å². The minimum Gasteiger partial charge on any atom is -0.480 e. The highest BCUT2D eigenvalue weighted by molar-refractivity contribution is 6.04. The maximum absolute atomic E-state index is 13.1. The van der Waals surface area contributed by atoms with Gasteiger partial charge in [0.15, 0.2) is 5.78 Å². The predicted molar refractivity (Wildman–Crippen MR) is 133 cm³/mol. The third-order valence-corrected chi connectivity index (χ3v) is 5.50. The molecule has 0 saturated heterocycles. The number of carbonyl (C=O) groups is 5. The monoisotopic (exact) mass is 490 g/mol. The van der Waals surface area contributed by atoms with Crippen LogP contribution in [0.5, 0.6) is 0 Å². The lowest BCUT2D eigenvalue weighted by Gasteiger charge is -2.31. The zero-order valence-electron chi connectivity index (χ0n) is 21.7. The summed E-state index contributed by atoms with van der Waals surface area (Å²) in [6.07, 6.45) is 1.41. The Labute approximate surface area is 207 Å². The van der Waals surface area contributed by atoms with E-state index in [2.05, 4.69) is 10.6 Å². The lowest BCUT2D eigenvalue weighted by atomic mass is 9.92. The van der Waals surface area contributed by atoms with Crippen LogP contribution >= 0.6 is 0 Å². The highest BCUT2D eigenvalue weighted by Crippen LogP contribution is 2.26. The Hall–Kier alpha value is -3.07. The molecule has 0 atom stereocenters. The fourth-order valence-corrected chi connectivity index (χ4v) is 3.00. The highest BCUT2D eigenvalue weighted by atomic mass is 16.5. The van der Waals surface area contributed by atoms with E-state index < -0.39 is 29.4 Å². The Balaban J connectivity index is 3.05. The molecule has 1 aromatic rings. The van der Waals surface area contributed by atoms with E-state index in [1.807, 2.05) is 20.8 Å². The van der Waals surface area contributed by atoms with Crippen molar-refractivity contribution in [2.45, 2.75) is 73.3 Å². The number of hydrogen-bond acceptors (Lipinski definition) is 6. The molecular weight excluding hydrogens is 452 g/mol. The fraction of sp³-hybridized carbons (Fsp3) is 0.577. The molecule has 35 heavy (non-hydrogen) atoms. The number of rotatable bonds is 14. The molecule has 0 aliphatic heterocycles. The van der Waals surface area contributed by atoms with Gasteiger partial charge in [-0.1, -0.05) is 20.8 Å². The lowest BCUT2D eigenvalue weighted by molar-refractivity contribution is -0.136. The first-order valence-electron chi connectivity index (χ1n) is 11.7. The molecule has 0 aliphatic rings. The smallest absolute Gasteiger partial charge is 0.322 e. The summed E-state index contributed by atoms with van der Waals surface area (Å²) in [5.41, 5.74) is -1.03. The van der Waals surface area contributed by atoms with Crippen LogP contribution in [0.15, 0.2) is 18.2 Å². The topological polar surface area (TPSA) is 139 Å². The molecule has 194 valence electrons. The van der Waals surface area contributed by atoms with Gasteiger partial charge in [-0.25, -0.2) is 0 Å². The van der Waals surface area contributed by atoms with Crippen LogP contribution < -0.4 is 10.6 Å². The van der Waals surface area contributed by atoms with Gasteiger partial charge in [0.05, 0.1) is 17.6 Å². The van der Waals surface area contributed by atoms with Crippen LogP contribution in [-0.2, 0) is 19.1 Å². The Bertz CT molecular complexity index is 964. The number of nitrogens with one attached hydrogen (secondary N) is 2. The quantitative estimate of drug-likeness (QED) is 0.337. The number of ketones is 2. The Morgan fingerprint density at radius 1 is 1.00 bits per heavy atom. The number of carbonyl (C=O) groups excluding carboxylic acids is 4. The van der Waals surface area contributed by atoms with Crippen LogP contribution in [0.3, 0.4) is 0 Å². The summed E-state index contributed by atoms with van der Waals surface area (Å²) < 4.78 is 5.97. The zero-order valence-corrected chi connectivity index (χ0v) is 21.7. The molecule has 3 N–H and O–H groups in total. The molecule has 0 bridgehead atoms. The van der Waals surface area contributed by atoms with Gasteiger partial charge in [0, 0.05) is 35.6 Å². The number of carboxylic acid groups (broad SMARTS) is 1. The first-order valence-corrected chi connectivity index (χ1v) is 11.7. The second kappa shape index (κ2) is 12.6. The van der Waals surface area contributed by atoms with E-state index in [9.17, 15) is 24.0 Å². The minimum atomic E-state index is -1.20. The van der Waals surface area contributed by atoms with Gasteiger partial charge < -0.3 is 20.5 Å². The molecule has 0 aliphatic carbocycles. The summed E-state index contributed by atoms with van der Waals surface area (Å²) in [6.45, 7) is 11.9. The standard InChI is InChI=1S/C26H38N2O7/c1-8-20(29)9-10-26(6,7)35-15-25(4,5)24(34)28-19-12-17(22(32)16(2)3)11-18(13-19)23(33)27-14-21(30)31/h11-13,16H,8-10,14-15H2,1-7H3,(H,27,33)(H,28,34)(H,30,31). The second-order valence-corrected chi connectivity index (χ2v) is 10.2. The van der Waals surface area contributed by atoms with Crippen molar-refractivity contribution in [3.05, 3.63) is 29.3 Å². The van der Waals surface area contributed by atoms with E-state index in [0.717, 1.165) is 0 Å². The Morgan fingerprint density at radius 3 is 2.14 bits per heavy atom. The third kappa shape index (κ3) is 9.98. The number of anilines is 1. The van der Waals surface area contributed by atoms with Gasteiger partial charge in [0.25, 0.3) is 5.91 Å². The average molecular weight is 491 g/mol. The number of hydrogen-bond donors (Lipinski definition) is 3. The van der Waals surface area contributed by atoms with Gasteiger partial charge in [-0.3, -0.25) is 24.0 Å². The summed E-state index contributed by atoms with van der Waals surface area (Å²) in [7, 11) is 0. The molecule has 0 aromatic heterocycles. The van der Waals surface area contributed by atoms with Crippen molar-refractivity contribution in [2.75, 3.05) is 18.5 Å². The number of ether oxygens (including phenoxy) is 1. The van der Waals surface area contributed by atoms with Gasteiger partial charge in [0.1, 0.15) is 12.3 Å². The number of aliphatic carboxylic acids is 1. The van der Waals surface area contributed by atoms with Crippen LogP contribution in [0.25, 0.3) is 0 Å². The minimum absolute atomic E-state index is 0.0591. The molecule has 0 fully saturated rings. The lowest BCUT2D eigenvalue weighted by Crippen LogP contribution is -2.39. The maximum atomic E-state index is 13.1. The summed E-state index contributed by atoms with van der Waals surface area (Å²) in [4.78, 5) is 60.5. The first-order chi connectivity index (χ1) is 16.1. The average Bonchev–Trinajstić information content (AvgIpc) is 2.78. The Morgan fingerprint density at radius 2 is 1.60 bits per heavy atom. The van der Waals surface area contributed by atoms with Gasteiger partial charge in [-0.15, -0.1) is 0 Å². The molecule has 0 heterocycles. The van der Waals surface area contributed by atoms with Gasteiger partial charge in [0.2, 0.25) is 5.91 Å². The van der Waals surface area contributed by atoms with Gasteiger partial charge in [-0.05, 0) is 52.3 Å². The van der Waals surface area contributed by atoms with Crippen molar-refractivity contribution in [1.29, 1.82) is 0 Å². The number of carboxylic acids is 1. The predicted octanol–water partition coefficient (Wildman–Crippen LogP) is 3.86. The normalized spacial score (nSPS) is 11.8. The van der Waals surface area contributed by atoms with Crippen LogP contribution in [0, 0.1) is 11.3 Å². The molecule has 0 spiro atoms. The molecule has 1 rings (SSSR count). The van der Waals surface area contributed by atoms with Crippen molar-refractivity contribution in [2.24, 2.45) is 11.3 Å². The number of amides is 2. The molecular formula is C26H38N2O7. The van der Waals surface area contributed by atoms with Gasteiger partial charge >= 0.3 is 5.97 Å². The van der Waals surface area contributed by atoms with Crippen LogP contribution in [0.1, 0.15) is 88.4 Å². The molecule has 1 aromatic carbocycles. The number of Topliss-reactive ketones (excluding diaryl/α,β-unsaturated/α-hetero) is 2. The largest absolute Gasteiger partial charge is 0.480 e. The van der Waals surface area contributed by atoms with E-state index in [0.29, 0.717) is 19.3 Å². The third-order valence-electron chi connectivity index (χ3n) is 5.50. The summed E-state index contributed by atoms with van der Waals surface area (Å²) >= 11 is 0. The van der Waals surface area contributed by atoms with Crippen LogP contribution in [0.2, 0.25) is 0 Å². The highest BCUT2D eigenvalue weighted by Gasteiger charge is 2.32. The SMILES string of the molecule is CCC(=O)CCC(C)(C)OCC(C)(C)C(=O)Nc1cc(C(=O)NCC(=O)O)cc(C(=O)C(C)C)c1. The first kappa shape index (κ1) is 30.0. The van der Waals surface area contributed by atoms with E-state index in [1.54, 1.807) is 27.7 Å². The molecule has 9 heteroatoms. The molecule has 2 amide bonds. The van der Waals surface area contributed by atoms with E-state index >= 15 is 0 Å². The summed E-state index contributed by atoms with van der Waals surface area (Å²) in [5.74, 6) is -2.68. The van der Waals surface area contributed by atoms with Crippen molar-refractivity contribution < 1.29 is 33.8 Å². The molecule has 0 saturated carbocycles. The maximum Gasteiger partial charge on any atom is 0.322 e. The van der Waals surface area contributed by atoms with Crippen molar-refractivity contribution in [3.8, 4) is 0 Å². The zero-order chi connectivity index (χ0) is 27.0. The number of benzene rings is 1. The molecule has 9 nitrogen and oxygen atoms in total. The second-order valence-electron chi connectivity index (χ2n) is 10.2. The van der Waals surface area contributed by atoms with Crippen LogP contribution in [-0.4, -0.2) is 53.2 Å². The van der Waals surface area contributed by atoms with Crippen LogP contribution in [0.4, 0.5) is 5.69 Å².